The molecule has 2 N–H and O–H groups in total. The van der Waals surface area contributed by atoms with Gasteiger partial charge in [0.25, 0.3) is 11.8 Å². The maximum atomic E-state index is 12.4. The number of hydrogen-bond acceptors (Lipinski definition) is 7. The quantitative estimate of drug-likeness (QED) is 0.629. The summed E-state index contributed by atoms with van der Waals surface area (Å²) in [6, 6.07) is 10.9. The summed E-state index contributed by atoms with van der Waals surface area (Å²) >= 11 is 0. The zero-order valence-electron chi connectivity index (χ0n) is 14.6. The molecule has 0 bridgehead atoms. The van der Waals surface area contributed by atoms with Gasteiger partial charge in [0.2, 0.25) is 5.82 Å². The summed E-state index contributed by atoms with van der Waals surface area (Å²) < 4.78 is 44.7. The molecular weight excluding hydrogens is 376 g/mol. The summed E-state index contributed by atoms with van der Waals surface area (Å²) in [5.41, 5.74) is 6.14. The summed E-state index contributed by atoms with van der Waals surface area (Å²) in [5.74, 6) is 0.369. The molecule has 28 heavy (non-hydrogen) atoms. The number of primary amides is 1. The summed E-state index contributed by atoms with van der Waals surface area (Å²) in [4.78, 5) is 15.0. The molecule has 0 fully saturated rings. The molecule has 1 aromatic heterocycles. The summed E-state index contributed by atoms with van der Waals surface area (Å²) in [5, 5.41) is 3.90. The SMILES string of the molecule is COc1cc(-c2nc(-c3ccc(OCC(N)=O)cc3)no2)ccc1OC(F)F. The van der Waals surface area contributed by atoms with Crippen LogP contribution in [0.1, 0.15) is 0 Å². The molecule has 0 saturated carbocycles. The van der Waals surface area contributed by atoms with Crippen LogP contribution in [-0.2, 0) is 4.79 Å². The van der Waals surface area contributed by atoms with Crippen LogP contribution in [0.2, 0.25) is 0 Å². The van der Waals surface area contributed by atoms with Gasteiger partial charge in [0, 0.05) is 11.1 Å². The van der Waals surface area contributed by atoms with Gasteiger partial charge in [0.1, 0.15) is 5.75 Å². The fourth-order valence-corrected chi connectivity index (χ4v) is 2.31. The number of amides is 1. The highest BCUT2D eigenvalue weighted by atomic mass is 19.3. The van der Waals surface area contributed by atoms with E-state index in [1.807, 2.05) is 0 Å². The van der Waals surface area contributed by atoms with E-state index in [9.17, 15) is 13.6 Å². The van der Waals surface area contributed by atoms with Crippen molar-refractivity contribution in [2.45, 2.75) is 6.61 Å². The van der Waals surface area contributed by atoms with Crippen LogP contribution in [-0.4, -0.2) is 36.4 Å². The third kappa shape index (κ3) is 4.53. The first-order valence-corrected chi connectivity index (χ1v) is 7.94. The second-order valence-corrected chi connectivity index (χ2v) is 5.45. The Balaban J connectivity index is 1.79. The van der Waals surface area contributed by atoms with E-state index < -0.39 is 12.5 Å². The lowest BCUT2D eigenvalue weighted by Gasteiger charge is -2.10. The molecule has 2 aromatic carbocycles. The van der Waals surface area contributed by atoms with Crippen molar-refractivity contribution in [3.05, 3.63) is 42.5 Å². The highest BCUT2D eigenvalue weighted by Crippen LogP contribution is 2.33. The molecule has 0 saturated heterocycles. The minimum Gasteiger partial charge on any atom is -0.493 e. The van der Waals surface area contributed by atoms with E-state index in [2.05, 4.69) is 14.9 Å². The highest BCUT2D eigenvalue weighted by Gasteiger charge is 2.16. The number of rotatable bonds is 8. The predicted molar refractivity (Wildman–Crippen MR) is 93.0 cm³/mol. The Labute approximate surface area is 157 Å². The zero-order valence-corrected chi connectivity index (χ0v) is 14.6. The minimum atomic E-state index is -2.97. The highest BCUT2D eigenvalue weighted by molar-refractivity contribution is 5.75. The van der Waals surface area contributed by atoms with Gasteiger partial charge < -0.3 is 24.5 Å². The fourth-order valence-electron chi connectivity index (χ4n) is 2.31. The van der Waals surface area contributed by atoms with Gasteiger partial charge in [-0.25, -0.2) is 0 Å². The molecular formula is C18H15F2N3O5. The summed E-state index contributed by atoms with van der Waals surface area (Å²) in [7, 11) is 1.33. The lowest BCUT2D eigenvalue weighted by Crippen LogP contribution is -2.19. The average molecular weight is 391 g/mol. The summed E-state index contributed by atoms with van der Waals surface area (Å²) in [6.07, 6.45) is 0. The van der Waals surface area contributed by atoms with Gasteiger partial charge >= 0.3 is 6.61 Å². The van der Waals surface area contributed by atoms with Crippen LogP contribution >= 0.6 is 0 Å². The van der Waals surface area contributed by atoms with Crippen molar-refractivity contribution in [3.63, 3.8) is 0 Å². The molecule has 0 atom stereocenters. The Morgan fingerprint density at radius 2 is 1.86 bits per heavy atom. The molecule has 146 valence electrons. The first-order valence-electron chi connectivity index (χ1n) is 7.94. The molecule has 1 amide bonds. The molecule has 3 rings (SSSR count). The number of carbonyl (C=O) groups is 1. The van der Waals surface area contributed by atoms with Crippen molar-refractivity contribution in [2.75, 3.05) is 13.7 Å². The number of nitrogens with zero attached hydrogens (tertiary/aromatic N) is 2. The average Bonchev–Trinajstić information content (AvgIpc) is 3.17. The Bertz CT molecular complexity index is 960. The Hall–Kier alpha value is -3.69. The van der Waals surface area contributed by atoms with E-state index in [1.165, 1.54) is 25.3 Å². The smallest absolute Gasteiger partial charge is 0.387 e. The van der Waals surface area contributed by atoms with E-state index >= 15 is 0 Å². The number of alkyl halides is 2. The largest absolute Gasteiger partial charge is 0.493 e. The molecule has 3 aromatic rings. The van der Waals surface area contributed by atoms with Gasteiger partial charge in [-0.15, -0.1) is 0 Å². The number of nitrogens with two attached hydrogens (primary N) is 1. The topological polar surface area (TPSA) is 110 Å². The number of methoxy groups -OCH3 is 1. The monoisotopic (exact) mass is 391 g/mol. The number of halogens is 2. The van der Waals surface area contributed by atoms with Gasteiger partial charge in [-0.05, 0) is 42.5 Å². The van der Waals surface area contributed by atoms with Crippen LogP contribution in [0, 0.1) is 0 Å². The summed E-state index contributed by atoms with van der Waals surface area (Å²) in [6.45, 7) is -3.19. The zero-order chi connectivity index (χ0) is 20.1. The Morgan fingerprint density at radius 3 is 2.50 bits per heavy atom. The molecule has 0 spiro atoms. The molecule has 0 aliphatic carbocycles. The van der Waals surface area contributed by atoms with Gasteiger partial charge in [0.05, 0.1) is 7.11 Å². The van der Waals surface area contributed by atoms with Crippen LogP contribution in [0.4, 0.5) is 8.78 Å². The number of aromatic nitrogens is 2. The van der Waals surface area contributed by atoms with Crippen molar-refractivity contribution in [1.82, 2.24) is 10.1 Å². The van der Waals surface area contributed by atoms with Crippen molar-refractivity contribution < 1.29 is 32.3 Å². The van der Waals surface area contributed by atoms with Crippen LogP contribution in [0.5, 0.6) is 17.2 Å². The van der Waals surface area contributed by atoms with Crippen molar-refractivity contribution in [1.29, 1.82) is 0 Å². The molecule has 0 unspecified atom stereocenters. The van der Waals surface area contributed by atoms with Gasteiger partial charge in [-0.2, -0.15) is 13.8 Å². The predicted octanol–water partition coefficient (Wildman–Crippen LogP) is 2.88. The Morgan fingerprint density at radius 1 is 1.14 bits per heavy atom. The third-order valence-corrected chi connectivity index (χ3v) is 3.55. The van der Waals surface area contributed by atoms with E-state index in [0.717, 1.165) is 0 Å². The van der Waals surface area contributed by atoms with Crippen molar-refractivity contribution >= 4 is 5.91 Å². The van der Waals surface area contributed by atoms with Gasteiger partial charge in [-0.3, -0.25) is 4.79 Å². The second kappa shape index (κ2) is 8.33. The lowest BCUT2D eigenvalue weighted by molar-refractivity contribution is -0.119. The fraction of sp³-hybridized carbons (Fsp3) is 0.167. The van der Waals surface area contributed by atoms with Crippen LogP contribution in [0.3, 0.4) is 0 Å². The Kier molecular flexibility index (Phi) is 5.68. The maximum Gasteiger partial charge on any atom is 0.387 e. The molecule has 10 heteroatoms. The van der Waals surface area contributed by atoms with E-state index in [0.29, 0.717) is 22.7 Å². The molecule has 0 aliphatic rings. The number of benzene rings is 2. The number of carbonyl (C=O) groups excluding carboxylic acids is 1. The van der Waals surface area contributed by atoms with Crippen LogP contribution < -0.4 is 19.9 Å². The first-order chi connectivity index (χ1) is 13.5. The standard InChI is InChI=1S/C18H15F2N3O5/c1-25-14-8-11(4-7-13(14)27-18(19)20)17-22-16(23-28-17)10-2-5-12(6-3-10)26-9-15(21)24/h2-8,18H,9H2,1H3,(H2,21,24). The first kappa shape index (κ1) is 19.1. The van der Waals surface area contributed by atoms with E-state index in [1.54, 1.807) is 24.3 Å². The number of hydrogen-bond donors (Lipinski definition) is 1. The van der Waals surface area contributed by atoms with Crippen LogP contribution in [0.15, 0.2) is 47.0 Å². The maximum absolute atomic E-state index is 12.4. The molecule has 8 nitrogen and oxygen atoms in total. The lowest BCUT2D eigenvalue weighted by atomic mass is 10.2. The molecule has 0 radical (unpaired) electrons. The van der Waals surface area contributed by atoms with Gasteiger partial charge in [0.15, 0.2) is 18.1 Å². The van der Waals surface area contributed by atoms with Crippen LogP contribution in [0.25, 0.3) is 22.8 Å². The molecule has 0 aliphatic heterocycles. The van der Waals surface area contributed by atoms with E-state index in [-0.39, 0.29) is 24.0 Å². The molecule has 1 heterocycles. The van der Waals surface area contributed by atoms with E-state index in [4.69, 9.17) is 19.7 Å². The third-order valence-electron chi connectivity index (χ3n) is 3.55. The second-order valence-electron chi connectivity index (χ2n) is 5.45. The van der Waals surface area contributed by atoms with Gasteiger partial charge in [-0.1, -0.05) is 5.16 Å². The van der Waals surface area contributed by atoms with Crippen molar-refractivity contribution in [3.8, 4) is 40.1 Å². The van der Waals surface area contributed by atoms with Crippen molar-refractivity contribution in [2.24, 2.45) is 5.73 Å². The minimum absolute atomic E-state index is 0.104. The normalized spacial score (nSPS) is 10.7. The number of ether oxygens (including phenoxy) is 3.